The third kappa shape index (κ3) is 2.42. The van der Waals surface area contributed by atoms with Gasteiger partial charge >= 0.3 is 0 Å². The van der Waals surface area contributed by atoms with Crippen molar-refractivity contribution >= 4 is 22.5 Å². The minimum absolute atomic E-state index is 0.405. The van der Waals surface area contributed by atoms with Crippen molar-refractivity contribution in [3.05, 3.63) is 29.3 Å². The molecule has 0 unspecified atom stereocenters. The van der Waals surface area contributed by atoms with Crippen LogP contribution in [-0.2, 0) is 4.99 Å². The topological polar surface area (TPSA) is 58.6 Å². The highest BCUT2D eigenvalue weighted by Gasteiger charge is 2.04. The van der Waals surface area contributed by atoms with Gasteiger partial charge in [0.15, 0.2) is 0 Å². The van der Waals surface area contributed by atoms with Gasteiger partial charge in [0.2, 0.25) is 0 Å². The Morgan fingerprint density at radius 3 is 2.77 bits per heavy atom. The van der Waals surface area contributed by atoms with E-state index >= 15 is 0 Å². The van der Waals surface area contributed by atoms with Crippen LogP contribution >= 0.6 is 11.6 Å². The zero-order chi connectivity index (χ0) is 9.84. The van der Waals surface area contributed by atoms with E-state index in [4.69, 9.17) is 16.9 Å². The summed E-state index contributed by atoms with van der Waals surface area (Å²) in [6.07, 6.45) is 0. The summed E-state index contributed by atoms with van der Waals surface area (Å²) in [6.45, 7) is 1.75. The quantitative estimate of drug-likeness (QED) is 0.447. The zero-order valence-electron chi connectivity index (χ0n) is 6.87. The SMILES string of the molecule is Cc1cc(C(=O)Cl)ccc1NOO. The van der Waals surface area contributed by atoms with Gasteiger partial charge in [-0.15, -0.1) is 4.99 Å². The lowest BCUT2D eigenvalue weighted by Crippen LogP contribution is -1.99. The molecule has 0 radical (unpaired) electrons. The highest BCUT2D eigenvalue weighted by molar-refractivity contribution is 6.67. The second-order valence-corrected chi connectivity index (χ2v) is 2.84. The van der Waals surface area contributed by atoms with Crippen LogP contribution in [0.5, 0.6) is 0 Å². The van der Waals surface area contributed by atoms with E-state index < -0.39 is 5.24 Å². The van der Waals surface area contributed by atoms with Crippen molar-refractivity contribution < 1.29 is 15.0 Å². The van der Waals surface area contributed by atoms with Crippen molar-refractivity contribution in [2.45, 2.75) is 6.92 Å². The molecule has 2 N–H and O–H groups in total. The molecule has 70 valence electrons. The normalized spacial score (nSPS) is 9.77. The van der Waals surface area contributed by atoms with E-state index in [1.165, 1.54) is 6.07 Å². The lowest BCUT2D eigenvalue weighted by molar-refractivity contribution is -0.215. The van der Waals surface area contributed by atoms with Crippen LogP contribution < -0.4 is 5.48 Å². The van der Waals surface area contributed by atoms with Crippen LogP contribution in [0.1, 0.15) is 15.9 Å². The highest BCUT2D eigenvalue weighted by Crippen LogP contribution is 2.17. The standard InChI is InChI=1S/C8H8ClNO3/c1-5-4-6(8(9)11)2-3-7(5)10-13-12/h2-4,10,12H,1H3. The summed E-state index contributed by atoms with van der Waals surface area (Å²) in [5, 5.41) is 7.60. The number of carbonyl (C=O) groups excluding carboxylic acids is 1. The van der Waals surface area contributed by atoms with E-state index in [1.807, 2.05) is 0 Å². The third-order valence-corrected chi connectivity index (χ3v) is 1.83. The molecule has 0 saturated heterocycles. The minimum atomic E-state index is -0.514. The van der Waals surface area contributed by atoms with Gasteiger partial charge in [-0.2, -0.15) is 0 Å². The van der Waals surface area contributed by atoms with Gasteiger partial charge in [0, 0.05) is 5.56 Å². The van der Waals surface area contributed by atoms with Crippen molar-refractivity contribution in [1.29, 1.82) is 0 Å². The minimum Gasteiger partial charge on any atom is -0.276 e. The van der Waals surface area contributed by atoms with Crippen molar-refractivity contribution in [2.24, 2.45) is 0 Å². The summed E-state index contributed by atoms with van der Waals surface area (Å²) >= 11 is 5.26. The van der Waals surface area contributed by atoms with Crippen LogP contribution in [0.25, 0.3) is 0 Å². The molecule has 0 amide bonds. The smallest absolute Gasteiger partial charge is 0.252 e. The molecule has 4 nitrogen and oxygen atoms in total. The van der Waals surface area contributed by atoms with Gasteiger partial charge in [-0.05, 0) is 42.3 Å². The number of hydrogen-bond donors (Lipinski definition) is 2. The van der Waals surface area contributed by atoms with Gasteiger partial charge in [-0.3, -0.25) is 4.79 Å². The molecular formula is C8H8ClNO3. The van der Waals surface area contributed by atoms with Crippen LogP contribution in [0.4, 0.5) is 5.69 Å². The summed E-state index contributed by atoms with van der Waals surface area (Å²) in [6, 6.07) is 4.71. The molecule has 0 fully saturated rings. The van der Waals surface area contributed by atoms with Gasteiger partial charge < -0.3 is 0 Å². The van der Waals surface area contributed by atoms with Crippen LogP contribution in [0.2, 0.25) is 0 Å². The number of anilines is 1. The summed E-state index contributed by atoms with van der Waals surface area (Å²) in [7, 11) is 0. The Labute approximate surface area is 80.0 Å². The Morgan fingerprint density at radius 2 is 2.31 bits per heavy atom. The Hall–Kier alpha value is -1.10. The summed E-state index contributed by atoms with van der Waals surface area (Å²) in [5.41, 5.74) is 3.97. The molecule has 0 spiro atoms. The zero-order valence-corrected chi connectivity index (χ0v) is 7.63. The molecule has 0 heterocycles. The molecule has 5 heteroatoms. The first-order valence-corrected chi connectivity index (χ1v) is 3.90. The molecule has 0 aromatic heterocycles. The molecule has 1 rings (SSSR count). The van der Waals surface area contributed by atoms with Crippen molar-refractivity contribution in [2.75, 3.05) is 5.48 Å². The maximum Gasteiger partial charge on any atom is 0.252 e. The number of halogens is 1. The second kappa shape index (κ2) is 4.23. The molecule has 0 aliphatic rings. The molecule has 1 aromatic carbocycles. The lowest BCUT2D eigenvalue weighted by Gasteiger charge is -2.05. The summed E-state index contributed by atoms with van der Waals surface area (Å²) in [5.74, 6) is 0. The number of aryl methyl sites for hydroxylation is 1. The second-order valence-electron chi connectivity index (χ2n) is 2.50. The van der Waals surface area contributed by atoms with E-state index in [1.54, 1.807) is 19.1 Å². The predicted molar refractivity (Wildman–Crippen MR) is 48.7 cm³/mol. The van der Waals surface area contributed by atoms with Crippen LogP contribution in [0.3, 0.4) is 0 Å². The monoisotopic (exact) mass is 201 g/mol. The number of hydrogen-bond acceptors (Lipinski definition) is 4. The fraction of sp³-hybridized carbons (Fsp3) is 0.125. The molecule has 0 bridgehead atoms. The fourth-order valence-corrected chi connectivity index (χ4v) is 1.07. The van der Waals surface area contributed by atoms with Crippen molar-refractivity contribution in [1.82, 2.24) is 0 Å². The van der Waals surface area contributed by atoms with Crippen LogP contribution in [0.15, 0.2) is 18.2 Å². The predicted octanol–water partition coefficient (Wildman–Crippen LogP) is 2.19. The van der Waals surface area contributed by atoms with E-state index in [9.17, 15) is 4.79 Å². The highest BCUT2D eigenvalue weighted by atomic mass is 35.5. The molecule has 0 aliphatic heterocycles. The largest absolute Gasteiger partial charge is 0.276 e. The van der Waals surface area contributed by atoms with Gasteiger partial charge in [-0.25, -0.2) is 10.7 Å². The first-order valence-electron chi connectivity index (χ1n) is 3.52. The average molecular weight is 202 g/mol. The summed E-state index contributed by atoms with van der Waals surface area (Å²) < 4.78 is 0. The molecule has 0 saturated carbocycles. The molecular weight excluding hydrogens is 194 g/mol. The third-order valence-electron chi connectivity index (χ3n) is 1.61. The fourth-order valence-electron chi connectivity index (χ4n) is 0.950. The summed E-state index contributed by atoms with van der Waals surface area (Å²) in [4.78, 5) is 14.5. The number of nitrogens with one attached hydrogen (secondary N) is 1. The Morgan fingerprint density at radius 1 is 1.62 bits per heavy atom. The number of rotatable bonds is 3. The number of carbonyl (C=O) groups is 1. The van der Waals surface area contributed by atoms with E-state index in [0.717, 1.165) is 5.56 Å². The Kier molecular flexibility index (Phi) is 3.25. The average Bonchev–Trinajstić information content (AvgIpc) is 2.08. The maximum atomic E-state index is 10.7. The van der Waals surface area contributed by atoms with Gasteiger partial charge in [0.1, 0.15) is 0 Å². The van der Waals surface area contributed by atoms with Crippen molar-refractivity contribution in [3.8, 4) is 0 Å². The van der Waals surface area contributed by atoms with Gasteiger partial charge in [0.05, 0.1) is 5.69 Å². The van der Waals surface area contributed by atoms with Gasteiger partial charge in [0.25, 0.3) is 5.24 Å². The molecule has 0 atom stereocenters. The molecule has 13 heavy (non-hydrogen) atoms. The van der Waals surface area contributed by atoms with E-state index in [0.29, 0.717) is 11.3 Å². The lowest BCUT2D eigenvalue weighted by atomic mass is 10.1. The first kappa shape index (κ1) is 9.98. The first-order chi connectivity index (χ1) is 6.15. The Balaban J connectivity index is 2.98. The molecule has 0 aliphatic carbocycles. The molecule has 1 aromatic rings. The van der Waals surface area contributed by atoms with E-state index in [2.05, 4.69) is 10.5 Å². The van der Waals surface area contributed by atoms with Crippen LogP contribution in [-0.4, -0.2) is 10.5 Å². The Bertz CT molecular complexity index is 327. The van der Waals surface area contributed by atoms with Crippen molar-refractivity contribution in [3.63, 3.8) is 0 Å². The van der Waals surface area contributed by atoms with E-state index in [-0.39, 0.29) is 0 Å². The van der Waals surface area contributed by atoms with Gasteiger partial charge in [-0.1, -0.05) is 0 Å². The maximum absolute atomic E-state index is 10.7. The van der Waals surface area contributed by atoms with Crippen LogP contribution in [0, 0.1) is 6.92 Å². The number of benzene rings is 1.